The second-order valence-electron chi connectivity index (χ2n) is 21.5. The predicted molar refractivity (Wildman–Crippen MR) is 303 cm³/mol. The average molecular weight is 1140 g/mol. The molecule has 0 bridgehead atoms. The Bertz CT molecular complexity index is 3210. The molecular formula is C70H64IrN3-5. The summed E-state index contributed by atoms with van der Waals surface area (Å²) in [5.74, 6) is 0. The van der Waals surface area contributed by atoms with E-state index in [9.17, 15) is 0 Å². The van der Waals surface area contributed by atoms with E-state index in [0.29, 0.717) is 0 Å². The number of aromatic nitrogens is 1. The molecule has 0 N–H and O–H groups in total. The van der Waals surface area contributed by atoms with Crippen molar-refractivity contribution in [3.05, 3.63) is 247 Å². The minimum Gasteiger partial charge on any atom is -0.518 e. The Hall–Kier alpha value is -6.58. The Balaban J connectivity index is 0.00000588. The zero-order valence-corrected chi connectivity index (χ0v) is 45.5. The molecule has 1 radical (unpaired) electrons. The van der Waals surface area contributed by atoms with E-state index in [1.807, 2.05) is 6.07 Å². The van der Waals surface area contributed by atoms with E-state index in [1.165, 1.54) is 124 Å². The molecule has 12 rings (SSSR count). The van der Waals surface area contributed by atoms with Crippen LogP contribution in [-0.2, 0) is 45.8 Å². The molecule has 0 unspecified atom stereocenters. The molecule has 2 aliphatic heterocycles. The summed E-state index contributed by atoms with van der Waals surface area (Å²) in [5.41, 5.74) is 23.4. The first-order valence-corrected chi connectivity index (χ1v) is 26.8. The number of allylic oxidation sites excluding steroid dienone is 2. The summed E-state index contributed by atoms with van der Waals surface area (Å²) in [6.45, 7) is 11.6. The first-order chi connectivity index (χ1) is 35.7. The Morgan fingerprint density at radius 1 is 0.473 bits per heavy atom. The summed E-state index contributed by atoms with van der Waals surface area (Å²) in [4.78, 5) is 9.87. The van der Waals surface area contributed by atoms with E-state index < -0.39 is 0 Å². The minimum atomic E-state index is 0. The third kappa shape index (κ3) is 10.4. The van der Waals surface area contributed by atoms with Crippen LogP contribution in [0.1, 0.15) is 93.0 Å². The van der Waals surface area contributed by atoms with Gasteiger partial charge in [-0.15, -0.1) is 69.7 Å². The van der Waals surface area contributed by atoms with E-state index in [2.05, 4.69) is 232 Å². The van der Waals surface area contributed by atoms with Crippen LogP contribution in [-0.4, -0.2) is 4.98 Å². The van der Waals surface area contributed by atoms with Gasteiger partial charge in [-0.2, -0.15) is 47.5 Å². The maximum Gasteiger partial charge on any atom is 0.0242 e. The van der Waals surface area contributed by atoms with Gasteiger partial charge in [-0.3, -0.25) is 0 Å². The number of benzene rings is 7. The van der Waals surface area contributed by atoms with Gasteiger partial charge in [-0.1, -0.05) is 179 Å². The monoisotopic (exact) mass is 1140 g/mol. The van der Waals surface area contributed by atoms with E-state index in [1.54, 1.807) is 0 Å². The Morgan fingerprint density at radius 3 is 1.53 bits per heavy atom. The van der Waals surface area contributed by atoms with Crippen LogP contribution in [0.5, 0.6) is 0 Å². The van der Waals surface area contributed by atoms with Crippen molar-refractivity contribution in [1.29, 1.82) is 0 Å². The number of hydrogen-bond donors (Lipinski definition) is 0. The molecule has 4 aliphatic rings. The van der Waals surface area contributed by atoms with Gasteiger partial charge >= 0.3 is 0 Å². The third-order valence-corrected chi connectivity index (χ3v) is 16.3. The van der Waals surface area contributed by atoms with Crippen LogP contribution in [0.4, 0.5) is 11.4 Å². The molecule has 0 saturated heterocycles. The van der Waals surface area contributed by atoms with Gasteiger partial charge in [0.2, 0.25) is 0 Å². The fourth-order valence-electron chi connectivity index (χ4n) is 12.4. The second-order valence-corrected chi connectivity index (χ2v) is 21.5. The molecule has 373 valence electrons. The normalized spacial score (nSPS) is 16.5. The number of pyridine rings is 1. The Kier molecular flexibility index (Phi) is 14.3. The fraction of sp³-hybridized carbons (Fsp3) is 0.243. The minimum absolute atomic E-state index is 0. The van der Waals surface area contributed by atoms with Gasteiger partial charge in [0.15, 0.2) is 0 Å². The maximum absolute atomic E-state index is 5.13. The predicted octanol–water partition coefficient (Wildman–Crippen LogP) is 17.6. The van der Waals surface area contributed by atoms with Crippen LogP contribution < -0.4 is 9.80 Å². The summed E-state index contributed by atoms with van der Waals surface area (Å²) >= 11 is 0. The maximum atomic E-state index is 5.13. The van der Waals surface area contributed by atoms with Crippen LogP contribution in [0.3, 0.4) is 0 Å². The molecule has 2 fully saturated rings. The van der Waals surface area contributed by atoms with Crippen molar-refractivity contribution >= 4 is 11.4 Å². The first-order valence-electron chi connectivity index (χ1n) is 26.8. The summed E-state index contributed by atoms with van der Waals surface area (Å²) in [5, 5.41) is 0. The SMILES string of the molecule is CC1=CC2([CH-]N1c1[c-]cc(CCc3cc(CCc4c[c-]c(N5[CH-]C6(C=C5C)CCCC6)cc4)cc(-c4ccccc4-c4cnc(-c5[c-]ccc(-c6ccc(-c7ccccc7)cc6)c5)cc4C)c3)cc1)CCCC2.[Ir]. The van der Waals surface area contributed by atoms with Crippen LogP contribution >= 0.6 is 0 Å². The zero-order valence-electron chi connectivity index (χ0n) is 43.1. The first kappa shape index (κ1) is 49.6. The Morgan fingerprint density at radius 2 is 0.986 bits per heavy atom. The molecule has 3 nitrogen and oxygen atoms in total. The van der Waals surface area contributed by atoms with E-state index in [0.717, 1.165) is 59.4 Å². The molecule has 0 amide bonds. The molecular weight excluding hydrogens is 1080 g/mol. The van der Waals surface area contributed by atoms with Gasteiger partial charge < -0.3 is 14.8 Å². The van der Waals surface area contributed by atoms with Crippen molar-refractivity contribution in [3.8, 4) is 55.8 Å². The van der Waals surface area contributed by atoms with Gasteiger partial charge in [0, 0.05) is 31.9 Å². The van der Waals surface area contributed by atoms with Gasteiger partial charge in [0.1, 0.15) is 0 Å². The molecule has 7 aromatic carbocycles. The van der Waals surface area contributed by atoms with Crippen LogP contribution in [0.15, 0.2) is 187 Å². The molecule has 1 aromatic heterocycles. The standard InChI is InChI=1S/C70H64N3.Ir/c1-50-40-68(61-17-13-16-60(44-61)59-30-28-58(29-31-59)57-14-5-4-6-15-57)71-47-67(50)66-19-8-7-18-65(66)62-42-55(22-20-53-24-32-63(33-25-53)72-48-69(45-51(72)2)36-9-10-37-69)41-56(43-62)23-21-54-26-34-64(35-27-54)73-49-70(46-52(73)3)38-11-12-39-70;/h4-8,13-16,18-19,24-32,34,40-49H,9-12,20-23,36-39H2,1-3H3;/q-5;. The van der Waals surface area contributed by atoms with Crippen molar-refractivity contribution in [1.82, 2.24) is 4.98 Å². The smallest absolute Gasteiger partial charge is 0.0242 e. The van der Waals surface area contributed by atoms with E-state index >= 15 is 0 Å². The summed E-state index contributed by atoms with van der Waals surface area (Å²) < 4.78 is 0. The van der Waals surface area contributed by atoms with Crippen LogP contribution in [0.2, 0.25) is 0 Å². The number of nitrogens with zero attached hydrogens (tertiary/aromatic N) is 3. The van der Waals surface area contributed by atoms with Gasteiger partial charge in [0.05, 0.1) is 0 Å². The van der Waals surface area contributed by atoms with Crippen LogP contribution in [0.25, 0.3) is 55.8 Å². The molecule has 8 aromatic rings. The average Bonchev–Trinajstić information content (AvgIpc) is 4.25. The molecule has 3 heterocycles. The number of hydrogen-bond acceptors (Lipinski definition) is 3. The number of rotatable bonds is 13. The largest absolute Gasteiger partial charge is 0.518 e. The zero-order chi connectivity index (χ0) is 49.4. The number of anilines is 2. The van der Waals surface area contributed by atoms with Crippen molar-refractivity contribution in [2.45, 2.75) is 97.8 Å². The molecule has 2 aliphatic carbocycles. The summed E-state index contributed by atoms with van der Waals surface area (Å²) in [6, 6.07) is 68.6. The molecule has 2 spiro atoms. The van der Waals surface area contributed by atoms with Crippen molar-refractivity contribution < 1.29 is 20.1 Å². The van der Waals surface area contributed by atoms with Crippen molar-refractivity contribution in [2.24, 2.45) is 10.8 Å². The quantitative estimate of drug-likeness (QED) is 0.107. The van der Waals surface area contributed by atoms with Crippen molar-refractivity contribution in [3.63, 3.8) is 0 Å². The van der Waals surface area contributed by atoms with E-state index in [-0.39, 0.29) is 30.9 Å². The Labute approximate surface area is 454 Å². The van der Waals surface area contributed by atoms with E-state index in [4.69, 9.17) is 4.98 Å². The fourth-order valence-corrected chi connectivity index (χ4v) is 12.4. The van der Waals surface area contributed by atoms with Gasteiger partial charge in [-0.25, -0.2) is 13.1 Å². The third-order valence-electron chi connectivity index (χ3n) is 16.3. The topological polar surface area (TPSA) is 19.4 Å². The van der Waals surface area contributed by atoms with Gasteiger partial charge in [-0.05, 0) is 101 Å². The molecule has 4 heteroatoms. The van der Waals surface area contributed by atoms with Crippen LogP contribution in [0, 0.1) is 49.0 Å². The van der Waals surface area contributed by atoms with Gasteiger partial charge in [0.25, 0.3) is 0 Å². The second kappa shape index (κ2) is 21.3. The molecule has 0 atom stereocenters. The molecule has 2 saturated carbocycles. The summed E-state index contributed by atoms with van der Waals surface area (Å²) in [6.07, 6.45) is 21.1. The summed E-state index contributed by atoms with van der Waals surface area (Å²) in [7, 11) is 0. The van der Waals surface area contributed by atoms with Crippen molar-refractivity contribution in [2.75, 3.05) is 9.80 Å². The number of aryl methyl sites for hydroxylation is 5. The molecule has 74 heavy (non-hydrogen) atoms.